The van der Waals surface area contributed by atoms with E-state index in [1.165, 1.54) is 0 Å². The van der Waals surface area contributed by atoms with Crippen molar-refractivity contribution < 1.29 is 4.79 Å². The average Bonchev–Trinajstić information content (AvgIpc) is 3.07. The summed E-state index contributed by atoms with van der Waals surface area (Å²) in [6.07, 6.45) is 1.85. The monoisotopic (exact) mass is 395 g/mol. The van der Waals surface area contributed by atoms with Crippen LogP contribution in [-0.2, 0) is 13.1 Å². The van der Waals surface area contributed by atoms with E-state index in [-0.39, 0.29) is 18.3 Å². The Morgan fingerprint density at radius 3 is 2.77 bits per heavy atom. The molecule has 1 saturated heterocycles. The third-order valence-corrected chi connectivity index (χ3v) is 5.46. The number of hydrogen-bond acceptors (Lipinski definition) is 4. The normalized spacial score (nSPS) is 17.5. The van der Waals surface area contributed by atoms with Crippen LogP contribution in [0.1, 0.15) is 46.3 Å². The number of aryl methyl sites for hydroxylation is 1. The molecule has 0 atom stereocenters. The Labute approximate surface area is 164 Å². The summed E-state index contributed by atoms with van der Waals surface area (Å²) in [7, 11) is 0. The molecule has 1 aromatic carbocycles. The van der Waals surface area contributed by atoms with E-state index in [0.717, 1.165) is 62.8 Å². The van der Waals surface area contributed by atoms with Gasteiger partial charge in [-0.05, 0) is 37.5 Å². The molecule has 1 amide bonds. The molecule has 0 saturated carbocycles. The molecule has 1 N–H and O–H groups in total. The third kappa shape index (κ3) is 3.59. The van der Waals surface area contributed by atoms with Gasteiger partial charge in [0.15, 0.2) is 0 Å². The predicted octanol–water partition coefficient (Wildman–Crippen LogP) is 2.78. The van der Waals surface area contributed by atoms with Gasteiger partial charge >= 0.3 is 0 Å². The summed E-state index contributed by atoms with van der Waals surface area (Å²) in [5, 5.41) is 12.7. The Bertz CT molecular complexity index is 799. The summed E-state index contributed by atoms with van der Waals surface area (Å²) in [4.78, 5) is 14.8. The number of benzene rings is 1. The van der Waals surface area contributed by atoms with Gasteiger partial charge in [-0.15, -0.1) is 22.6 Å². The average molecular weight is 396 g/mol. The van der Waals surface area contributed by atoms with E-state index < -0.39 is 0 Å². The standard InChI is InChI=1S/C18H22ClN5O.ClH/c1-12-2-3-14(19)10-15(12)18(25)23-7-4-13(5-8-23)17-22-21-16-11-20-6-9-24(16)17;/h2-3,10,13,20H,4-9,11H2,1H3;1H. The molecule has 140 valence electrons. The highest BCUT2D eigenvalue weighted by atomic mass is 35.5. The minimum atomic E-state index is 0. The second-order valence-corrected chi connectivity index (χ2v) is 7.26. The topological polar surface area (TPSA) is 63.1 Å². The Morgan fingerprint density at radius 2 is 2.00 bits per heavy atom. The number of halogens is 2. The number of amides is 1. The molecule has 26 heavy (non-hydrogen) atoms. The molecule has 4 rings (SSSR count). The first-order chi connectivity index (χ1) is 12.1. The maximum Gasteiger partial charge on any atom is 0.254 e. The summed E-state index contributed by atoms with van der Waals surface area (Å²) in [5.74, 6) is 2.56. The van der Waals surface area contributed by atoms with Crippen LogP contribution in [0.5, 0.6) is 0 Å². The number of hydrogen-bond donors (Lipinski definition) is 1. The highest BCUT2D eigenvalue weighted by molar-refractivity contribution is 6.31. The largest absolute Gasteiger partial charge is 0.339 e. The van der Waals surface area contributed by atoms with Crippen molar-refractivity contribution >= 4 is 29.9 Å². The molecule has 8 heteroatoms. The fraction of sp³-hybridized carbons (Fsp3) is 0.500. The molecule has 6 nitrogen and oxygen atoms in total. The van der Waals surface area contributed by atoms with Crippen LogP contribution in [0, 0.1) is 6.92 Å². The van der Waals surface area contributed by atoms with Gasteiger partial charge in [0.05, 0.1) is 6.54 Å². The number of rotatable bonds is 2. The van der Waals surface area contributed by atoms with Gasteiger partial charge in [0.25, 0.3) is 5.91 Å². The van der Waals surface area contributed by atoms with Crippen LogP contribution in [0.4, 0.5) is 0 Å². The van der Waals surface area contributed by atoms with Crippen LogP contribution in [0.25, 0.3) is 0 Å². The number of likely N-dealkylation sites (tertiary alicyclic amines) is 1. The first-order valence-electron chi connectivity index (χ1n) is 8.81. The molecule has 3 heterocycles. The van der Waals surface area contributed by atoms with Gasteiger partial charge in [-0.3, -0.25) is 4.79 Å². The lowest BCUT2D eigenvalue weighted by atomic mass is 9.95. The van der Waals surface area contributed by atoms with E-state index in [4.69, 9.17) is 11.6 Å². The van der Waals surface area contributed by atoms with E-state index >= 15 is 0 Å². The number of nitrogens with zero attached hydrogens (tertiary/aromatic N) is 4. The Balaban J connectivity index is 0.00000196. The highest BCUT2D eigenvalue weighted by Gasteiger charge is 2.29. The first-order valence-corrected chi connectivity index (χ1v) is 9.19. The SMILES string of the molecule is Cc1ccc(Cl)cc1C(=O)N1CCC(c2nnc3n2CCNC3)CC1.Cl. The molecule has 0 unspecified atom stereocenters. The van der Waals surface area contributed by atoms with Crippen LogP contribution in [0.2, 0.25) is 5.02 Å². The molecule has 2 aliphatic heterocycles. The fourth-order valence-electron chi connectivity index (χ4n) is 3.75. The Kier molecular flexibility index (Phi) is 5.85. The molecular formula is C18H23Cl2N5O. The van der Waals surface area contributed by atoms with Gasteiger partial charge in [-0.2, -0.15) is 0 Å². The van der Waals surface area contributed by atoms with Crippen molar-refractivity contribution in [2.75, 3.05) is 19.6 Å². The Hall–Kier alpha value is -1.63. The molecule has 2 aromatic rings. The second-order valence-electron chi connectivity index (χ2n) is 6.83. The van der Waals surface area contributed by atoms with E-state index in [1.807, 2.05) is 24.0 Å². The number of fused-ring (bicyclic) bond motifs is 1. The van der Waals surface area contributed by atoms with Gasteiger partial charge in [0, 0.05) is 42.7 Å². The van der Waals surface area contributed by atoms with Gasteiger partial charge in [0.2, 0.25) is 0 Å². The van der Waals surface area contributed by atoms with Crippen molar-refractivity contribution in [2.24, 2.45) is 0 Å². The van der Waals surface area contributed by atoms with Crippen LogP contribution >= 0.6 is 24.0 Å². The maximum absolute atomic E-state index is 12.8. The summed E-state index contributed by atoms with van der Waals surface area (Å²) < 4.78 is 2.25. The maximum atomic E-state index is 12.8. The highest BCUT2D eigenvalue weighted by Crippen LogP contribution is 2.29. The van der Waals surface area contributed by atoms with Crippen molar-refractivity contribution in [3.63, 3.8) is 0 Å². The van der Waals surface area contributed by atoms with Crippen molar-refractivity contribution in [1.29, 1.82) is 0 Å². The van der Waals surface area contributed by atoms with Crippen LogP contribution < -0.4 is 5.32 Å². The van der Waals surface area contributed by atoms with Gasteiger partial charge in [0.1, 0.15) is 11.6 Å². The quantitative estimate of drug-likeness (QED) is 0.848. The lowest BCUT2D eigenvalue weighted by molar-refractivity contribution is 0.0709. The number of piperidine rings is 1. The Morgan fingerprint density at radius 1 is 1.23 bits per heavy atom. The smallest absolute Gasteiger partial charge is 0.254 e. The lowest BCUT2D eigenvalue weighted by Crippen LogP contribution is -2.39. The number of carbonyl (C=O) groups excluding carboxylic acids is 1. The van der Waals surface area contributed by atoms with E-state index in [2.05, 4.69) is 20.1 Å². The third-order valence-electron chi connectivity index (χ3n) is 5.23. The van der Waals surface area contributed by atoms with Crippen molar-refractivity contribution in [3.05, 3.63) is 46.0 Å². The van der Waals surface area contributed by atoms with Crippen molar-refractivity contribution in [3.8, 4) is 0 Å². The minimum Gasteiger partial charge on any atom is -0.339 e. The zero-order chi connectivity index (χ0) is 17.4. The molecule has 0 spiro atoms. The zero-order valence-corrected chi connectivity index (χ0v) is 16.3. The van der Waals surface area contributed by atoms with Gasteiger partial charge in [-0.1, -0.05) is 17.7 Å². The fourth-order valence-corrected chi connectivity index (χ4v) is 3.92. The summed E-state index contributed by atoms with van der Waals surface area (Å²) >= 11 is 6.06. The van der Waals surface area contributed by atoms with Crippen LogP contribution in [-0.4, -0.2) is 45.2 Å². The van der Waals surface area contributed by atoms with Crippen LogP contribution in [0.15, 0.2) is 18.2 Å². The first kappa shape index (κ1) is 19.1. The molecule has 0 aliphatic carbocycles. The molecule has 1 fully saturated rings. The number of nitrogens with one attached hydrogen (secondary N) is 1. The zero-order valence-electron chi connectivity index (χ0n) is 14.7. The van der Waals surface area contributed by atoms with E-state index in [9.17, 15) is 4.79 Å². The molecular weight excluding hydrogens is 373 g/mol. The summed E-state index contributed by atoms with van der Waals surface area (Å²) in [6.45, 7) is 6.12. The lowest BCUT2D eigenvalue weighted by Gasteiger charge is -2.32. The summed E-state index contributed by atoms with van der Waals surface area (Å²) in [6, 6.07) is 5.50. The van der Waals surface area contributed by atoms with E-state index in [1.54, 1.807) is 6.07 Å². The van der Waals surface area contributed by atoms with Gasteiger partial charge in [-0.25, -0.2) is 0 Å². The molecule has 2 aliphatic rings. The second kappa shape index (κ2) is 7.94. The molecule has 0 bridgehead atoms. The number of carbonyl (C=O) groups is 1. The predicted molar refractivity (Wildman–Crippen MR) is 103 cm³/mol. The van der Waals surface area contributed by atoms with Crippen molar-refractivity contribution in [2.45, 2.75) is 38.8 Å². The van der Waals surface area contributed by atoms with E-state index in [0.29, 0.717) is 16.5 Å². The minimum absolute atomic E-state index is 0. The van der Waals surface area contributed by atoms with Gasteiger partial charge < -0.3 is 14.8 Å². The molecule has 0 radical (unpaired) electrons. The van der Waals surface area contributed by atoms with Crippen LogP contribution in [0.3, 0.4) is 0 Å². The van der Waals surface area contributed by atoms with Crippen molar-refractivity contribution in [1.82, 2.24) is 25.0 Å². The molecule has 1 aromatic heterocycles. The number of aromatic nitrogens is 3. The summed E-state index contributed by atoms with van der Waals surface area (Å²) in [5.41, 5.74) is 1.67.